The molecule has 1 saturated heterocycles. The van der Waals surface area contributed by atoms with Gasteiger partial charge in [-0.05, 0) is 36.1 Å². The van der Waals surface area contributed by atoms with Gasteiger partial charge in [0.15, 0.2) is 5.79 Å². The van der Waals surface area contributed by atoms with Crippen LogP contribution in [0, 0.1) is 0 Å². The summed E-state index contributed by atoms with van der Waals surface area (Å²) in [6.45, 7) is 3.90. The van der Waals surface area contributed by atoms with Crippen molar-refractivity contribution in [2.24, 2.45) is 0 Å². The summed E-state index contributed by atoms with van der Waals surface area (Å²) in [5.41, 5.74) is 3.35. The molecule has 5 rings (SSSR count). The van der Waals surface area contributed by atoms with Crippen LogP contribution in [0.1, 0.15) is 36.5 Å². The minimum atomic E-state index is -0.855. The van der Waals surface area contributed by atoms with E-state index >= 15 is 0 Å². The average molecular weight is 501 g/mol. The van der Waals surface area contributed by atoms with E-state index in [4.69, 9.17) is 23.7 Å². The molecule has 3 aromatic rings. The number of hydrogen-bond donors (Lipinski definition) is 0. The van der Waals surface area contributed by atoms with Crippen molar-refractivity contribution in [3.63, 3.8) is 0 Å². The molecule has 2 aliphatic heterocycles. The molecule has 5 heteroatoms. The van der Waals surface area contributed by atoms with Crippen LogP contribution in [0.15, 0.2) is 103 Å². The monoisotopic (exact) mass is 500 g/mol. The smallest absolute Gasteiger partial charge is 0.191 e. The Balaban J connectivity index is 1.36. The molecule has 0 amide bonds. The Morgan fingerprint density at radius 3 is 1.89 bits per heavy atom. The fraction of sp³-hybridized carbons (Fsp3) is 0.375. The number of ether oxygens (including phenoxy) is 5. The molecule has 194 valence electrons. The van der Waals surface area contributed by atoms with Crippen molar-refractivity contribution in [3.8, 4) is 0 Å². The van der Waals surface area contributed by atoms with E-state index in [1.807, 2.05) is 60.7 Å². The molecule has 1 spiro atoms. The lowest BCUT2D eigenvalue weighted by Crippen LogP contribution is -2.59. The van der Waals surface area contributed by atoms with Gasteiger partial charge in [0.2, 0.25) is 0 Å². The fourth-order valence-electron chi connectivity index (χ4n) is 4.97. The molecule has 0 radical (unpaired) electrons. The van der Waals surface area contributed by atoms with Crippen molar-refractivity contribution < 1.29 is 23.7 Å². The van der Waals surface area contributed by atoms with Gasteiger partial charge in [-0.25, -0.2) is 0 Å². The van der Waals surface area contributed by atoms with E-state index in [-0.39, 0.29) is 24.4 Å². The number of hydrogen-bond acceptors (Lipinski definition) is 5. The standard InChI is InChI=1S/C32H36O5/c1-25-12-11-19-32(36-25)20-29(34-22-27-15-7-3-8-16-27)31(35-23-28-17-9-4-10-18-28)30(37-32)24-33-21-26-13-5-2-6-14-26/h2-11,13-19,25,29-31H,12,20-24H2,1H3/t25-,29-,30-,31+,32-/m1/s1. The maximum absolute atomic E-state index is 6.67. The zero-order chi connectivity index (χ0) is 25.3. The minimum Gasteiger partial charge on any atom is -0.374 e. The third-order valence-corrected chi connectivity index (χ3v) is 6.80. The van der Waals surface area contributed by atoms with E-state index in [9.17, 15) is 0 Å². The minimum absolute atomic E-state index is 0.0625. The summed E-state index contributed by atoms with van der Waals surface area (Å²) in [6, 6.07) is 30.6. The van der Waals surface area contributed by atoms with Gasteiger partial charge in [-0.1, -0.05) is 97.1 Å². The lowest BCUT2D eigenvalue weighted by atomic mass is 9.93. The van der Waals surface area contributed by atoms with Gasteiger partial charge in [-0.3, -0.25) is 0 Å². The molecular formula is C32H36O5. The normalized spacial score (nSPS) is 27.4. The molecule has 5 nitrogen and oxygen atoms in total. The molecule has 5 atom stereocenters. The first-order chi connectivity index (χ1) is 18.2. The molecule has 2 aliphatic rings. The van der Waals surface area contributed by atoms with Crippen LogP contribution in [0.2, 0.25) is 0 Å². The van der Waals surface area contributed by atoms with Gasteiger partial charge in [0.25, 0.3) is 0 Å². The Labute approximate surface area is 220 Å². The van der Waals surface area contributed by atoms with Crippen LogP contribution in [-0.2, 0) is 43.5 Å². The molecule has 0 unspecified atom stereocenters. The van der Waals surface area contributed by atoms with E-state index in [0.29, 0.717) is 32.8 Å². The molecule has 0 aliphatic carbocycles. The predicted octanol–water partition coefficient (Wildman–Crippen LogP) is 6.22. The van der Waals surface area contributed by atoms with Crippen LogP contribution in [0.4, 0.5) is 0 Å². The third kappa shape index (κ3) is 7.16. The SMILES string of the molecule is C[C@@H]1CC=C[C@@]2(C[C@@H](OCc3ccccc3)[C@H](OCc3ccccc3)[C@@H](COCc3ccccc3)O2)O1. The highest BCUT2D eigenvalue weighted by molar-refractivity contribution is 5.16. The van der Waals surface area contributed by atoms with Crippen LogP contribution in [0.3, 0.4) is 0 Å². The highest BCUT2D eigenvalue weighted by Gasteiger charge is 2.49. The van der Waals surface area contributed by atoms with E-state index in [0.717, 1.165) is 23.1 Å². The maximum Gasteiger partial charge on any atom is 0.191 e. The summed E-state index contributed by atoms with van der Waals surface area (Å²) >= 11 is 0. The van der Waals surface area contributed by atoms with Crippen LogP contribution in [0.5, 0.6) is 0 Å². The fourth-order valence-corrected chi connectivity index (χ4v) is 4.97. The van der Waals surface area contributed by atoms with Crippen LogP contribution in [-0.4, -0.2) is 36.8 Å². The lowest BCUT2D eigenvalue weighted by molar-refractivity contribution is -0.327. The molecule has 0 N–H and O–H groups in total. The molecule has 3 aromatic carbocycles. The van der Waals surface area contributed by atoms with Gasteiger partial charge in [0.1, 0.15) is 12.2 Å². The van der Waals surface area contributed by atoms with Crippen molar-refractivity contribution in [2.45, 2.75) is 69.8 Å². The Hall–Kier alpha value is -2.80. The summed E-state index contributed by atoms with van der Waals surface area (Å²) in [6.07, 6.45) is 4.75. The third-order valence-electron chi connectivity index (χ3n) is 6.80. The van der Waals surface area contributed by atoms with Crippen molar-refractivity contribution in [1.82, 2.24) is 0 Å². The predicted molar refractivity (Wildman–Crippen MR) is 143 cm³/mol. The zero-order valence-electron chi connectivity index (χ0n) is 21.4. The molecule has 37 heavy (non-hydrogen) atoms. The number of benzene rings is 3. The van der Waals surface area contributed by atoms with Crippen LogP contribution in [0.25, 0.3) is 0 Å². The Morgan fingerprint density at radius 1 is 0.730 bits per heavy atom. The van der Waals surface area contributed by atoms with Gasteiger partial charge in [0.05, 0.1) is 38.6 Å². The van der Waals surface area contributed by atoms with Crippen LogP contribution < -0.4 is 0 Å². The first-order valence-electron chi connectivity index (χ1n) is 13.2. The molecule has 0 saturated carbocycles. The van der Waals surface area contributed by atoms with Crippen molar-refractivity contribution in [2.75, 3.05) is 6.61 Å². The Kier molecular flexibility index (Phi) is 8.82. The Morgan fingerprint density at radius 2 is 1.30 bits per heavy atom. The summed E-state index contributed by atoms with van der Waals surface area (Å²) in [5.74, 6) is -0.855. The van der Waals surface area contributed by atoms with E-state index in [1.165, 1.54) is 0 Å². The van der Waals surface area contributed by atoms with Gasteiger partial charge in [-0.15, -0.1) is 0 Å². The highest BCUT2D eigenvalue weighted by atomic mass is 16.7. The Bertz CT molecular complexity index is 1100. The first kappa shape index (κ1) is 25.8. The molecule has 0 aromatic heterocycles. The molecule has 2 heterocycles. The van der Waals surface area contributed by atoms with Crippen LogP contribution >= 0.6 is 0 Å². The average Bonchev–Trinajstić information content (AvgIpc) is 2.93. The van der Waals surface area contributed by atoms with Gasteiger partial charge in [0, 0.05) is 6.42 Å². The van der Waals surface area contributed by atoms with Crippen molar-refractivity contribution in [1.29, 1.82) is 0 Å². The second-order valence-electron chi connectivity index (χ2n) is 9.84. The second kappa shape index (κ2) is 12.6. The van der Waals surface area contributed by atoms with Gasteiger partial charge < -0.3 is 23.7 Å². The van der Waals surface area contributed by atoms with E-state index < -0.39 is 5.79 Å². The van der Waals surface area contributed by atoms with Gasteiger partial charge in [-0.2, -0.15) is 0 Å². The molecular weight excluding hydrogens is 464 g/mol. The highest BCUT2D eigenvalue weighted by Crippen LogP contribution is 2.39. The maximum atomic E-state index is 6.67. The summed E-state index contributed by atoms with van der Waals surface area (Å²) in [7, 11) is 0. The molecule has 0 bridgehead atoms. The lowest BCUT2D eigenvalue weighted by Gasteiger charge is -2.48. The summed E-state index contributed by atoms with van der Waals surface area (Å²) in [4.78, 5) is 0. The molecule has 1 fully saturated rings. The van der Waals surface area contributed by atoms with E-state index in [1.54, 1.807) is 0 Å². The van der Waals surface area contributed by atoms with Crippen molar-refractivity contribution >= 4 is 0 Å². The summed E-state index contributed by atoms with van der Waals surface area (Å²) < 4.78 is 32.3. The summed E-state index contributed by atoms with van der Waals surface area (Å²) in [5, 5.41) is 0. The first-order valence-corrected chi connectivity index (χ1v) is 13.2. The topological polar surface area (TPSA) is 46.2 Å². The van der Waals surface area contributed by atoms with E-state index in [2.05, 4.69) is 49.4 Å². The van der Waals surface area contributed by atoms with Gasteiger partial charge >= 0.3 is 0 Å². The largest absolute Gasteiger partial charge is 0.374 e. The zero-order valence-corrected chi connectivity index (χ0v) is 21.4. The number of rotatable bonds is 10. The van der Waals surface area contributed by atoms with Crippen molar-refractivity contribution in [3.05, 3.63) is 120 Å². The quantitative estimate of drug-likeness (QED) is 0.309. The second-order valence-corrected chi connectivity index (χ2v) is 9.84.